The molecule has 1 atom stereocenters. The Hall–Kier alpha value is -2.89. The molecule has 0 saturated carbocycles. The first-order valence-corrected chi connectivity index (χ1v) is 23.8. The second-order valence-electron chi connectivity index (χ2n) is 15.6. The Morgan fingerprint density at radius 3 is 1.12 bits per heavy atom. The van der Waals surface area contributed by atoms with Gasteiger partial charge in [0, 0.05) is 19.3 Å². The number of esters is 3. The molecule has 0 aromatic heterocycles. The molecule has 0 amide bonds. The molecular weight excluding hydrogens is 709 g/mol. The monoisotopic (exact) mass is 797 g/mol. The van der Waals surface area contributed by atoms with Crippen molar-refractivity contribution in [3.05, 3.63) is 60.8 Å². The van der Waals surface area contributed by atoms with Gasteiger partial charge in [-0.05, 0) is 83.5 Å². The predicted molar refractivity (Wildman–Crippen MR) is 242 cm³/mol. The van der Waals surface area contributed by atoms with Gasteiger partial charge < -0.3 is 14.2 Å². The molecular formula is C51H88O6. The van der Waals surface area contributed by atoms with Crippen LogP contribution in [0.4, 0.5) is 0 Å². The number of hydrogen-bond donors (Lipinski definition) is 0. The van der Waals surface area contributed by atoms with Crippen molar-refractivity contribution in [1.82, 2.24) is 0 Å². The average Bonchev–Trinajstić information content (AvgIpc) is 3.21. The number of unbranched alkanes of at least 4 members (excludes halogenated alkanes) is 21. The average molecular weight is 797 g/mol. The Bertz CT molecular complexity index is 1050. The Balaban J connectivity index is 4.35. The summed E-state index contributed by atoms with van der Waals surface area (Å²) < 4.78 is 16.6. The summed E-state index contributed by atoms with van der Waals surface area (Å²) >= 11 is 0. The third-order valence-electron chi connectivity index (χ3n) is 10.0. The van der Waals surface area contributed by atoms with E-state index in [1.807, 2.05) is 0 Å². The summed E-state index contributed by atoms with van der Waals surface area (Å²) in [5, 5.41) is 0. The lowest BCUT2D eigenvalue weighted by atomic mass is 10.1. The number of ether oxygens (including phenoxy) is 3. The molecule has 0 aromatic carbocycles. The van der Waals surface area contributed by atoms with Gasteiger partial charge in [-0.1, -0.05) is 184 Å². The molecule has 328 valence electrons. The number of carbonyl (C=O) groups excluding carboxylic acids is 3. The Labute approximate surface area is 351 Å². The van der Waals surface area contributed by atoms with E-state index >= 15 is 0 Å². The molecule has 0 saturated heterocycles. The summed E-state index contributed by atoms with van der Waals surface area (Å²) in [7, 11) is 0. The molecule has 0 aromatic rings. The van der Waals surface area contributed by atoms with Gasteiger partial charge in [0.25, 0.3) is 0 Å². The minimum Gasteiger partial charge on any atom is -0.462 e. The van der Waals surface area contributed by atoms with E-state index in [1.165, 1.54) is 103 Å². The molecule has 0 N–H and O–H groups in total. The Kier molecular flexibility index (Phi) is 43.5. The van der Waals surface area contributed by atoms with Crippen molar-refractivity contribution in [3.63, 3.8) is 0 Å². The fourth-order valence-corrected chi connectivity index (χ4v) is 6.43. The van der Waals surface area contributed by atoms with E-state index in [4.69, 9.17) is 14.2 Å². The number of rotatable bonds is 42. The highest BCUT2D eigenvalue weighted by Crippen LogP contribution is 2.13. The highest BCUT2D eigenvalue weighted by Gasteiger charge is 2.19. The van der Waals surface area contributed by atoms with Gasteiger partial charge in [0.1, 0.15) is 13.2 Å². The second kappa shape index (κ2) is 45.8. The van der Waals surface area contributed by atoms with Gasteiger partial charge in [0.2, 0.25) is 0 Å². The number of hydrogen-bond acceptors (Lipinski definition) is 6. The zero-order chi connectivity index (χ0) is 41.5. The highest BCUT2D eigenvalue weighted by molar-refractivity contribution is 5.71. The van der Waals surface area contributed by atoms with Crippen LogP contribution in [0.1, 0.15) is 226 Å². The van der Waals surface area contributed by atoms with Crippen LogP contribution in [0.25, 0.3) is 0 Å². The minimum absolute atomic E-state index is 0.0920. The van der Waals surface area contributed by atoms with Crippen LogP contribution in [0, 0.1) is 0 Å². The van der Waals surface area contributed by atoms with E-state index in [0.29, 0.717) is 19.3 Å². The van der Waals surface area contributed by atoms with Crippen LogP contribution >= 0.6 is 0 Å². The van der Waals surface area contributed by atoms with Crippen LogP contribution < -0.4 is 0 Å². The van der Waals surface area contributed by atoms with Crippen LogP contribution in [0.15, 0.2) is 60.8 Å². The van der Waals surface area contributed by atoms with Crippen LogP contribution in [-0.2, 0) is 28.6 Å². The molecule has 6 nitrogen and oxygen atoms in total. The van der Waals surface area contributed by atoms with Gasteiger partial charge in [0.15, 0.2) is 6.10 Å². The van der Waals surface area contributed by atoms with Crippen LogP contribution in [0.5, 0.6) is 0 Å². The van der Waals surface area contributed by atoms with Crippen LogP contribution in [0.3, 0.4) is 0 Å². The van der Waals surface area contributed by atoms with E-state index in [1.54, 1.807) is 0 Å². The summed E-state index contributed by atoms with van der Waals surface area (Å²) in [6.45, 7) is 6.43. The molecule has 0 rings (SSSR count). The van der Waals surface area contributed by atoms with Gasteiger partial charge in [-0.3, -0.25) is 14.4 Å². The van der Waals surface area contributed by atoms with Crippen LogP contribution in [0.2, 0.25) is 0 Å². The number of allylic oxidation sites excluding steroid dienone is 10. The molecule has 0 aliphatic rings. The Morgan fingerprint density at radius 1 is 0.368 bits per heavy atom. The van der Waals surface area contributed by atoms with Gasteiger partial charge >= 0.3 is 17.9 Å². The third kappa shape index (κ3) is 44.1. The van der Waals surface area contributed by atoms with Crippen molar-refractivity contribution >= 4 is 17.9 Å². The first kappa shape index (κ1) is 54.1. The normalized spacial score (nSPS) is 12.5. The summed E-state index contributed by atoms with van der Waals surface area (Å²) in [5.74, 6) is -0.946. The highest BCUT2D eigenvalue weighted by atomic mass is 16.6. The second-order valence-corrected chi connectivity index (χ2v) is 15.6. The standard InChI is InChI=1S/C51H88O6/c1-4-7-10-13-16-18-20-22-24-25-27-28-30-32-35-38-41-44-50(53)56-47-48(46-55-49(52)43-40-37-34-15-12-9-6-3)57-51(54)45-42-39-36-33-31-29-26-23-21-19-17-14-11-8-5-2/h8,11,17,19,22-24,26,31,33,48H,4-7,9-10,12-16,18,20-21,25,27-30,32,34-47H2,1-3H3/b11-8-,19-17-,24-22-,26-23-,33-31-. The lowest BCUT2D eigenvalue weighted by Gasteiger charge is -2.18. The van der Waals surface area contributed by atoms with Crippen molar-refractivity contribution in [3.8, 4) is 0 Å². The summed E-state index contributed by atoms with van der Waals surface area (Å²) in [4.78, 5) is 37.7. The third-order valence-corrected chi connectivity index (χ3v) is 10.0. The van der Waals surface area contributed by atoms with Gasteiger partial charge in [-0.25, -0.2) is 0 Å². The SMILES string of the molecule is CC/C=C\C/C=C\C/C=C\C/C=C\CCCCC(=O)OC(COC(=O)CCCCCCCCC)COC(=O)CCCCCCCCC/C=C\CCCCCCCC. The van der Waals surface area contributed by atoms with E-state index < -0.39 is 6.10 Å². The van der Waals surface area contributed by atoms with Crippen LogP contribution in [-0.4, -0.2) is 37.2 Å². The van der Waals surface area contributed by atoms with Gasteiger partial charge in [0.05, 0.1) is 0 Å². The molecule has 0 heterocycles. The molecule has 0 radical (unpaired) electrons. The molecule has 0 bridgehead atoms. The first-order valence-electron chi connectivity index (χ1n) is 23.8. The largest absolute Gasteiger partial charge is 0.462 e. The maximum absolute atomic E-state index is 12.7. The van der Waals surface area contributed by atoms with Crippen molar-refractivity contribution in [2.45, 2.75) is 232 Å². The minimum atomic E-state index is -0.792. The van der Waals surface area contributed by atoms with Crippen molar-refractivity contribution in [1.29, 1.82) is 0 Å². The molecule has 6 heteroatoms. The molecule has 0 spiro atoms. The lowest BCUT2D eigenvalue weighted by molar-refractivity contribution is -0.167. The number of carbonyl (C=O) groups is 3. The maximum atomic E-state index is 12.7. The summed E-state index contributed by atoms with van der Waals surface area (Å²) in [6, 6.07) is 0. The van der Waals surface area contributed by atoms with Gasteiger partial charge in [-0.2, -0.15) is 0 Å². The van der Waals surface area contributed by atoms with Crippen molar-refractivity contribution in [2.24, 2.45) is 0 Å². The summed E-state index contributed by atoms with van der Waals surface area (Å²) in [5.41, 5.74) is 0. The van der Waals surface area contributed by atoms with E-state index in [9.17, 15) is 14.4 Å². The van der Waals surface area contributed by atoms with E-state index in [-0.39, 0.29) is 37.5 Å². The Morgan fingerprint density at radius 2 is 0.684 bits per heavy atom. The molecule has 57 heavy (non-hydrogen) atoms. The van der Waals surface area contributed by atoms with Gasteiger partial charge in [-0.15, -0.1) is 0 Å². The topological polar surface area (TPSA) is 78.9 Å². The molecule has 0 fully saturated rings. The molecule has 0 aliphatic heterocycles. The zero-order valence-electron chi connectivity index (χ0n) is 37.3. The van der Waals surface area contributed by atoms with E-state index in [2.05, 4.69) is 81.5 Å². The maximum Gasteiger partial charge on any atom is 0.306 e. The molecule has 0 aliphatic carbocycles. The van der Waals surface area contributed by atoms with Crippen molar-refractivity contribution in [2.75, 3.05) is 13.2 Å². The summed E-state index contributed by atoms with van der Waals surface area (Å²) in [6.07, 6.45) is 55.0. The smallest absolute Gasteiger partial charge is 0.306 e. The fraction of sp³-hybridized carbons (Fsp3) is 0.745. The first-order chi connectivity index (χ1) is 28.0. The zero-order valence-corrected chi connectivity index (χ0v) is 37.3. The quantitative estimate of drug-likeness (QED) is 0.0265. The van der Waals surface area contributed by atoms with Crippen molar-refractivity contribution < 1.29 is 28.6 Å². The lowest BCUT2D eigenvalue weighted by Crippen LogP contribution is -2.30. The fourth-order valence-electron chi connectivity index (χ4n) is 6.43. The molecule has 1 unspecified atom stereocenters. The predicted octanol–water partition coefficient (Wildman–Crippen LogP) is 15.3. The van der Waals surface area contributed by atoms with E-state index in [0.717, 1.165) is 77.0 Å².